The van der Waals surface area contributed by atoms with Crippen molar-refractivity contribution < 1.29 is 9.90 Å². The Balaban J connectivity index is 1.58. The van der Waals surface area contributed by atoms with Gasteiger partial charge in [0.05, 0.1) is 18.6 Å². The number of rotatable bonds is 3. The summed E-state index contributed by atoms with van der Waals surface area (Å²) in [4.78, 5) is 17.6. The molecule has 2 atom stereocenters. The molecule has 1 aromatic rings. The van der Waals surface area contributed by atoms with Gasteiger partial charge in [-0.25, -0.2) is 0 Å². The van der Waals surface area contributed by atoms with E-state index in [-0.39, 0.29) is 18.1 Å². The van der Waals surface area contributed by atoms with Gasteiger partial charge in [-0.15, -0.1) is 11.3 Å². The zero-order valence-corrected chi connectivity index (χ0v) is 12.5. The molecule has 0 spiro atoms. The van der Waals surface area contributed by atoms with Crippen molar-refractivity contribution in [2.45, 2.75) is 37.8 Å². The van der Waals surface area contributed by atoms with Crippen molar-refractivity contribution in [2.24, 2.45) is 0 Å². The van der Waals surface area contributed by atoms with E-state index in [0.29, 0.717) is 19.5 Å². The van der Waals surface area contributed by atoms with Crippen LogP contribution in [-0.4, -0.2) is 59.1 Å². The first-order valence-electron chi connectivity index (χ1n) is 7.46. The number of nitrogens with zero attached hydrogens (tertiary/aromatic N) is 2. The summed E-state index contributed by atoms with van der Waals surface area (Å²) in [5, 5.41) is 12.3. The second kappa shape index (κ2) is 6.24. The minimum atomic E-state index is -0.389. The third-order valence-electron chi connectivity index (χ3n) is 4.38. The number of piperidine rings is 1. The van der Waals surface area contributed by atoms with Crippen LogP contribution in [0.25, 0.3) is 0 Å². The van der Waals surface area contributed by atoms with Gasteiger partial charge in [0.2, 0.25) is 5.91 Å². The molecule has 3 heterocycles. The molecule has 0 saturated carbocycles. The van der Waals surface area contributed by atoms with Crippen molar-refractivity contribution in [3.8, 4) is 0 Å². The van der Waals surface area contributed by atoms with Gasteiger partial charge in [-0.3, -0.25) is 9.69 Å². The Morgan fingerprint density at radius 3 is 2.80 bits per heavy atom. The Hall–Kier alpha value is -0.910. The molecule has 20 heavy (non-hydrogen) atoms. The highest BCUT2D eigenvalue weighted by atomic mass is 32.1. The molecular formula is C15H22N2O2S. The van der Waals surface area contributed by atoms with Gasteiger partial charge < -0.3 is 10.0 Å². The maximum absolute atomic E-state index is 12.3. The van der Waals surface area contributed by atoms with Crippen LogP contribution in [0.15, 0.2) is 17.5 Å². The van der Waals surface area contributed by atoms with Gasteiger partial charge in [-0.2, -0.15) is 0 Å². The lowest BCUT2D eigenvalue weighted by Gasteiger charge is -2.33. The maximum Gasteiger partial charge on any atom is 0.227 e. The molecule has 2 aliphatic rings. The van der Waals surface area contributed by atoms with Crippen molar-refractivity contribution in [1.29, 1.82) is 0 Å². The Kier molecular flexibility index (Phi) is 4.38. The van der Waals surface area contributed by atoms with E-state index >= 15 is 0 Å². The molecule has 2 saturated heterocycles. The first-order valence-corrected chi connectivity index (χ1v) is 8.34. The molecule has 1 amide bonds. The minimum Gasteiger partial charge on any atom is -0.390 e. The number of hydrogen-bond acceptors (Lipinski definition) is 4. The van der Waals surface area contributed by atoms with Gasteiger partial charge in [0.1, 0.15) is 0 Å². The average Bonchev–Trinajstić information content (AvgIpc) is 3.09. The van der Waals surface area contributed by atoms with Crippen LogP contribution in [0.5, 0.6) is 0 Å². The molecule has 0 radical (unpaired) electrons. The van der Waals surface area contributed by atoms with Crippen LogP contribution < -0.4 is 0 Å². The Morgan fingerprint density at radius 1 is 1.30 bits per heavy atom. The van der Waals surface area contributed by atoms with Gasteiger partial charge >= 0.3 is 0 Å². The zero-order chi connectivity index (χ0) is 13.9. The van der Waals surface area contributed by atoms with Crippen LogP contribution in [0, 0.1) is 0 Å². The van der Waals surface area contributed by atoms with Crippen LogP contribution in [0.3, 0.4) is 0 Å². The first kappa shape index (κ1) is 14.0. The van der Waals surface area contributed by atoms with Crippen molar-refractivity contribution in [3.63, 3.8) is 0 Å². The molecular weight excluding hydrogens is 272 g/mol. The van der Waals surface area contributed by atoms with E-state index in [1.165, 1.54) is 19.3 Å². The predicted molar refractivity (Wildman–Crippen MR) is 79.8 cm³/mol. The summed E-state index contributed by atoms with van der Waals surface area (Å²) in [6.07, 6.45) is 3.80. The van der Waals surface area contributed by atoms with E-state index < -0.39 is 0 Å². The topological polar surface area (TPSA) is 43.8 Å². The van der Waals surface area contributed by atoms with Crippen LogP contribution >= 0.6 is 11.3 Å². The summed E-state index contributed by atoms with van der Waals surface area (Å²) in [6, 6.07) is 4.11. The molecule has 2 fully saturated rings. The quantitative estimate of drug-likeness (QED) is 0.915. The third-order valence-corrected chi connectivity index (χ3v) is 5.25. The summed E-state index contributed by atoms with van der Waals surface area (Å²) in [5.41, 5.74) is 0. The molecule has 0 aromatic carbocycles. The lowest BCUT2D eigenvalue weighted by molar-refractivity contribution is -0.129. The van der Waals surface area contributed by atoms with Gasteiger partial charge in [-0.05, 0) is 37.4 Å². The average molecular weight is 294 g/mol. The highest BCUT2D eigenvalue weighted by Crippen LogP contribution is 2.22. The Labute approximate surface area is 124 Å². The van der Waals surface area contributed by atoms with E-state index in [1.54, 1.807) is 11.3 Å². The summed E-state index contributed by atoms with van der Waals surface area (Å²) < 4.78 is 0. The smallest absolute Gasteiger partial charge is 0.227 e. The van der Waals surface area contributed by atoms with E-state index in [4.69, 9.17) is 0 Å². The fraction of sp³-hybridized carbons (Fsp3) is 0.667. The number of β-amino-alcohol motifs (C(OH)–C–C–N with tert-alkyl or cyclic N) is 1. The summed E-state index contributed by atoms with van der Waals surface area (Å²) in [5.74, 6) is 0.144. The predicted octanol–water partition coefficient (Wildman–Crippen LogP) is 1.35. The maximum atomic E-state index is 12.3. The van der Waals surface area contributed by atoms with Crippen molar-refractivity contribution >= 4 is 17.2 Å². The Morgan fingerprint density at radius 2 is 2.10 bits per heavy atom. The molecule has 0 bridgehead atoms. The second-order valence-electron chi connectivity index (χ2n) is 5.79. The van der Waals surface area contributed by atoms with Crippen molar-refractivity contribution in [1.82, 2.24) is 9.80 Å². The number of hydrogen-bond donors (Lipinski definition) is 1. The SMILES string of the molecule is O=C(Cc1cccs1)N1C[C@H](O)[C@@H](N2CCCCC2)C1. The van der Waals surface area contributed by atoms with E-state index in [0.717, 1.165) is 18.0 Å². The van der Waals surface area contributed by atoms with E-state index in [2.05, 4.69) is 4.90 Å². The number of thiophene rings is 1. The molecule has 0 unspecified atom stereocenters. The van der Waals surface area contributed by atoms with Gasteiger partial charge in [0, 0.05) is 18.0 Å². The van der Waals surface area contributed by atoms with Crippen LogP contribution in [0.1, 0.15) is 24.1 Å². The van der Waals surface area contributed by atoms with Gasteiger partial charge in [0.25, 0.3) is 0 Å². The molecule has 0 aliphatic carbocycles. The standard InChI is InChI=1S/C15H22N2O2S/c18-14-11-17(15(19)9-12-5-4-8-20-12)10-13(14)16-6-2-1-3-7-16/h4-5,8,13-14,18H,1-3,6-7,9-11H2/t13-,14-/m0/s1. The fourth-order valence-electron chi connectivity index (χ4n) is 3.26. The highest BCUT2D eigenvalue weighted by molar-refractivity contribution is 7.10. The van der Waals surface area contributed by atoms with Crippen LogP contribution in [0.2, 0.25) is 0 Å². The zero-order valence-electron chi connectivity index (χ0n) is 11.7. The Bertz CT molecular complexity index is 443. The molecule has 4 nitrogen and oxygen atoms in total. The number of aliphatic hydroxyl groups excluding tert-OH is 1. The lowest BCUT2D eigenvalue weighted by atomic mass is 10.1. The van der Waals surface area contributed by atoms with Crippen LogP contribution in [-0.2, 0) is 11.2 Å². The normalized spacial score (nSPS) is 27.9. The third kappa shape index (κ3) is 3.05. The molecule has 5 heteroatoms. The number of aliphatic hydroxyl groups is 1. The summed E-state index contributed by atoms with van der Waals surface area (Å²) >= 11 is 1.62. The molecule has 3 rings (SSSR count). The number of carbonyl (C=O) groups excluding carboxylic acids is 1. The largest absolute Gasteiger partial charge is 0.390 e. The van der Waals surface area contributed by atoms with Gasteiger partial charge in [0.15, 0.2) is 0 Å². The summed E-state index contributed by atoms with van der Waals surface area (Å²) in [7, 11) is 0. The number of amides is 1. The van der Waals surface area contributed by atoms with Gasteiger partial charge in [-0.1, -0.05) is 12.5 Å². The number of carbonyl (C=O) groups is 1. The van der Waals surface area contributed by atoms with Crippen LogP contribution in [0.4, 0.5) is 0 Å². The van der Waals surface area contributed by atoms with E-state index in [1.807, 2.05) is 22.4 Å². The van der Waals surface area contributed by atoms with Crippen molar-refractivity contribution in [3.05, 3.63) is 22.4 Å². The second-order valence-corrected chi connectivity index (χ2v) is 6.82. The fourth-order valence-corrected chi connectivity index (χ4v) is 3.95. The molecule has 110 valence electrons. The monoisotopic (exact) mass is 294 g/mol. The highest BCUT2D eigenvalue weighted by Gasteiger charge is 2.37. The molecule has 2 aliphatic heterocycles. The minimum absolute atomic E-state index is 0.141. The number of likely N-dealkylation sites (tertiary alicyclic amines) is 2. The molecule has 1 N–H and O–H groups in total. The molecule has 1 aromatic heterocycles. The van der Waals surface area contributed by atoms with E-state index in [9.17, 15) is 9.90 Å². The summed E-state index contributed by atoms with van der Waals surface area (Å²) in [6.45, 7) is 3.31. The van der Waals surface area contributed by atoms with Crippen molar-refractivity contribution in [2.75, 3.05) is 26.2 Å². The lowest BCUT2D eigenvalue weighted by Crippen LogP contribution is -2.46. The first-order chi connectivity index (χ1) is 9.74.